The Bertz CT molecular complexity index is 621. The van der Waals surface area contributed by atoms with Crippen molar-refractivity contribution in [3.05, 3.63) is 17.6 Å². The highest BCUT2D eigenvalue weighted by Crippen LogP contribution is 2.32. The van der Waals surface area contributed by atoms with Crippen LogP contribution in [0.1, 0.15) is 35.6 Å². The number of aryl methyl sites for hydroxylation is 1. The van der Waals surface area contributed by atoms with Crippen LogP contribution >= 0.6 is 0 Å². The van der Waals surface area contributed by atoms with E-state index in [0.29, 0.717) is 31.3 Å². The highest BCUT2D eigenvalue weighted by Gasteiger charge is 2.40. The maximum atomic E-state index is 12.4. The molecule has 1 spiro atoms. The third-order valence-electron chi connectivity index (χ3n) is 4.79. The Balaban J connectivity index is 1.60. The zero-order chi connectivity index (χ0) is 18.6. The molecule has 1 amide bonds. The first-order chi connectivity index (χ1) is 12.5. The van der Waals surface area contributed by atoms with Gasteiger partial charge in [0.25, 0.3) is 5.91 Å². The number of aromatic nitrogens is 2. The van der Waals surface area contributed by atoms with Gasteiger partial charge in [0.05, 0.1) is 13.2 Å². The molecule has 2 saturated heterocycles. The van der Waals surface area contributed by atoms with E-state index in [1.165, 1.54) is 0 Å². The molecule has 1 N–H and O–H groups in total. The zero-order valence-corrected chi connectivity index (χ0v) is 16.0. The van der Waals surface area contributed by atoms with Crippen LogP contribution in [0, 0.1) is 6.92 Å². The van der Waals surface area contributed by atoms with Crippen LogP contribution in [-0.2, 0) is 9.47 Å². The molecular formula is C18H29N5O3. The molecule has 0 aromatic carbocycles. The molecule has 2 aliphatic heterocycles. The summed E-state index contributed by atoms with van der Waals surface area (Å²) in [5.74, 6) is 0.843. The summed E-state index contributed by atoms with van der Waals surface area (Å²) in [6, 6.07) is 1.78. The van der Waals surface area contributed by atoms with Gasteiger partial charge in [-0.05, 0) is 34.0 Å². The zero-order valence-electron chi connectivity index (χ0n) is 16.0. The van der Waals surface area contributed by atoms with Crippen LogP contribution in [-0.4, -0.2) is 80.1 Å². The number of anilines is 1. The largest absolute Gasteiger partial charge is 0.356 e. The van der Waals surface area contributed by atoms with Gasteiger partial charge in [-0.3, -0.25) is 4.79 Å². The molecule has 8 heteroatoms. The smallest absolute Gasteiger partial charge is 0.270 e. The van der Waals surface area contributed by atoms with E-state index in [-0.39, 0.29) is 5.91 Å². The van der Waals surface area contributed by atoms with Crippen molar-refractivity contribution in [2.24, 2.45) is 0 Å². The standard InChI is InChI=1S/C18H29N5O3/c1-14-20-15(17(24)19-7-4-8-22(2)3)13-16(21-14)23-9-5-18(6-10-23)25-11-12-26-18/h13H,4-12H2,1-3H3,(H,19,24). The van der Waals surface area contributed by atoms with Crippen molar-refractivity contribution in [1.29, 1.82) is 0 Å². The summed E-state index contributed by atoms with van der Waals surface area (Å²) in [7, 11) is 4.04. The average molecular weight is 363 g/mol. The summed E-state index contributed by atoms with van der Waals surface area (Å²) >= 11 is 0. The van der Waals surface area contributed by atoms with E-state index < -0.39 is 5.79 Å². The number of ether oxygens (including phenoxy) is 2. The van der Waals surface area contributed by atoms with Crippen molar-refractivity contribution in [2.45, 2.75) is 32.0 Å². The van der Waals surface area contributed by atoms with Crippen LogP contribution in [0.4, 0.5) is 5.82 Å². The molecule has 0 aliphatic carbocycles. The van der Waals surface area contributed by atoms with Crippen molar-refractivity contribution in [3.8, 4) is 0 Å². The van der Waals surface area contributed by atoms with Crippen LogP contribution in [0.25, 0.3) is 0 Å². The second-order valence-electron chi connectivity index (χ2n) is 7.17. The maximum absolute atomic E-state index is 12.4. The molecule has 0 radical (unpaired) electrons. The maximum Gasteiger partial charge on any atom is 0.270 e. The Kier molecular flexibility index (Phi) is 6.05. The molecule has 0 bridgehead atoms. The fourth-order valence-corrected chi connectivity index (χ4v) is 3.38. The lowest BCUT2D eigenvalue weighted by molar-refractivity contribution is -0.169. The van der Waals surface area contributed by atoms with Crippen LogP contribution in [0.5, 0.6) is 0 Å². The Morgan fingerprint density at radius 1 is 1.27 bits per heavy atom. The van der Waals surface area contributed by atoms with Crippen molar-refractivity contribution in [1.82, 2.24) is 20.2 Å². The summed E-state index contributed by atoms with van der Waals surface area (Å²) < 4.78 is 11.5. The quantitative estimate of drug-likeness (QED) is 0.749. The predicted molar refractivity (Wildman–Crippen MR) is 98.4 cm³/mol. The first kappa shape index (κ1) is 19.0. The van der Waals surface area contributed by atoms with Gasteiger partial charge < -0.3 is 24.6 Å². The molecular weight excluding hydrogens is 334 g/mol. The number of amides is 1. The number of nitrogens with zero attached hydrogens (tertiary/aromatic N) is 4. The van der Waals surface area contributed by atoms with Gasteiger partial charge in [-0.25, -0.2) is 9.97 Å². The van der Waals surface area contributed by atoms with Crippen molar-refractivity contribution in [2.75, 3.05) is 58.4 Å². The van der Waals surface area contributed by atoms with Gasteiger partial charge >= 0.3 is 0 Å². The van der Waals surface area contributed by atoms with Crippen molar-refractivity contribution < 1.29 is 14.3 Å². The topological polar surface area (TPSA) is 79.8 Å². The van der Waals surface area contributed by atoms with E-state index in [4.69, 9.17) is 9.47 Å². The van der Waals surface area contributed by atoms with Crippen LogP contribution in [0.3, 0.4) is 0 Å². The number of carbonyl (C=O) groups excluding carboxylic acids is 1. The molecule has 0 saturated carbocycles. The van der Waals surface area contributed by atoms with Gasteiger partial charge in [-0.2, -0.15) is 0 Å². The molecule has 3 heterocycles. The van der Waals surface area contributed by atoms with Gasteiger partial charge in [-0.1, -0.05) is 0 Å². The first-order valence-electron chi connectivity index (χ1n) is 9.29. The molecule has 0 unspecified atom stereocenters. The number of hydrogen-bond acceptors (Lipinski definition) is 7. The monoisotopic (exact) mass is 363 g/mol. The van der Waals surface area contributed by atoms with Crippen molar-refractivity contribution in [3.63, 3.8) is 0 Å². The fourth-order valence-electron chi connectivity index (χ4n) is 3.38. The molecule has 1 aromatic rings. The third-order valence-corrected chi connectivity index (χ3v) is 4.79. The van der Waals surface area contributed by atoms with E-state index in [0.717, 1.165) is 44.7 Å². The Morgan fingerprint density at radius 2 is 1.96 bits per heavy atom. The van der Waals surface area contributed by atoms with E-state index in [1.807, 2.05) is 21.0 Å². The summed E-state index contributed by atoms with van der Waals surface area (Å²) in [6.07, 6.45) is 2.52. The minimum atomic E-state index is -0.411. The molecule has 2 aliphatic rings. The lowest BCUT2D eigenvalue weighted by Gasteiger charge is -2.38. The molecule has 2 fully saturated rings. The fraction of sp³-hybridized carbons (Fsp3) is 0.722. The summed E-state index contributed by atoms with van der Waals surface area (Å²) in [5.41, 5.74) is 0.422. The minimum Gasteiger partial charge on any atom is -0.356 e. The van der Waals surface area contributed by atoms with Gasteiger partial charge in [-0.15, -0.1) is 0 Å². The highest BCUT2D eigenvalue weighted by atomic mass is 16.7. The second kappa shape index (κ2) is 8.28. The normalized spacial score (nSPS) is 19.3. The number of carbonyl (C=O) groups is 1. The van der Waals surface area contributed by atoms with Crippen molar-refractivity contribution >= 4 is 11.7 Å². The van der Waals surface area contributed by atoms with Gasteiger partial charge in [0.2, 0.25) is 0 Å². The number of piperidine rings is 1. The van der Waals surface area contributed by atoms with Crippen LogP contribution in [0.15, 0.2) is 6.07 Å². The minimum absolute atomic E-state index is 0.147. The number of rotatable bonds is 6. The molecule has 1 aromatic heterocycles. The Labute approximate surface area is 154 Å². The Hall–Kier alpha value is -1.77. The van der Waals surface area contributed by atoms with E-state index in [9.17, 15) is 4.79 Å². The molecule has 144 valence electrons. The third kappa shape index (κ3) is 4.69. The predicted octanol–water partition coefficient (Wildman–Crippen LogP) is 0.810. The summed E-state index contributed by atoms with van der Waals surface area (Å²) in [5, 5.41) is 2.94. The van der Waals surface area contributed by atoms with E-state index in [2.05, 4.69) is 25.1 Å². The lowest BCUT2D eigenvalue weighted by Crippen LogP contribution is -2.45. The Morgan fingerprint density at radius 3 is 2.62 bits per heavy atom. The molecule has 26 heavy (non-hydrogen) atoms. The molecule has 0 atom stereocenters. The lowest BCUT2D eigenvalue weighted by atomic mass is 10.0. The highest BCUT2D eigenvalue weighted by molar-refractivity contribution is 5.92. The van der Waals surface area contributed by atoms with Gasteiger partial charge in [0.15, 0.2) is 5.79 Å². The summed E-state index contributed by atoms with van der Waals surface area (Å²) in [4.78, 5) is 25.5. The summed E-state index contributed by atoms with van der Waals surface area (Å²) in [6.45, 7) is 6.32. The van der Waals surface area contributed by atoms with E-state index in [1.54, 1.807) is 6.07 Å². The SMILES string of the molecule is Cc1nc(C(=O)NCCCN(C)C)cc(N2CCC3(CC2)OCCO3)n1. The second-order valence-corrected chi connectivity index (χ2v) is 7.17. The average Bonchev–Trinajstić information content (AvgIpc) is 3.06. The first-order valence-corrected chi connectivity index (χ1v) is 9.29. The molecule has 8 nitrogen and oxygen atoms in total. The number of hydrogen-bond donors (Lipinski definition) is 1. The number of nitrogens with one attached hydrogen (secondary N) is 1. The van der Waals surface area contributed by atoms with Crippen LogP contribution in [0.2, 0.25) is 0 Å². The molecule has 3 rings (SSSR count). The van der Waals surface area contributed by atoms with E-state index >= 15 is 0 Å². The van der Waals surface area contributed by atoms with Gasteiger partial charge in [0.1, 0.15) is 17.3 Å². The van der Waals surface area contributed by atoms with Gasteiger partial charge in [0, 0.05) is 38.5 Å². The van der Waals surface area contributed by atoms with Crippen LogP contribution < -0.4 is 10.2 Å².